The molecule has 4 nitrogen and oxygen atoms in total. The fourth-order valence-electron chi connectivity index (χ4n) is 3.52. The number of rotatable bonds is 5. The van der Waals surface area contributed by atoms with Gasteiger partial charge in [-0.1, -0.05) is 66.7 Å². The van der Waals surface area contributed by atoms with Gasteiger partial charge in [0.05, 0.1) is 16.8 Å². The van der Waals surface area contributed by atoms with Crippen molar-refractivity contribution < 1.29 is 21.5 Å². The third kappa shape index (κ3) is 7.25. The maximum Gasteiger partial charge on any atom is 0.330 e. The summed E-state index contributed by atoms with van der Waals surface area (Å²) < 4.78 is 2.10. The highest BCUT2D eigenvalue weighted by molar-refractivity contribution is 8.93. The van der Waals surface area contributed by atoms with E-state index in [1.807, 2.05) is 116 Å². The molecule has 176 valence electrons. The van der Waals surface area contributed by atoms with Crippen molar-refractivity contribution in [3.63, 3.8) is 0 Å². The van der Waals surface area contributed by atoms with Crippen LogP contribution in [0, 0.1) is 0 Å². The van der Waals surface area contributed by atoms with E-state index in [1.54, 1.807) is 12.4 Å². The quantitative estimate of drug-likeness (QED) is 0.224. The van der Waals surface area contributed by atoms with Crippen molar-refractivity contribution in [1.82, 2.24) is 4.98 Å². The van der Waals surface area contributed by atoms with Crippen LogP contribution in [0.1, 0.15) is 11.1 Å². The molecule has 0 radical (unpaired) electrons. The number of halogens is 2. The van der Waals surface area contributed by atoms with E-state index < -0.39 is 5.66 Å². The highest BCUT2D eigenvalue weighted by atomic mass is 79.9. The summed E-state index contributed by atoms with van der Waals surface area (Å²) in [6.45, 7) is 0. The molecule has 2 heterocycles. The minimum Gasteiger partial charge on any atom is -1.00 e. The van der Waals surface area contributed by atoms with E-state index in [4.69, 9.17) is 5.11 Å². The summed E-state index contributed by atoms with van der Waals surface area (Å²) in [4.78, 5) is 3.78. The molecule has 3 aromatic carbocycles. The molecule has 6 heteroatoms. The van der Waals surface area contributed by atoms with Crippen LogP contribution in [0.2, 0.25) is 0 Å². The normalized spacial score (nSPS) is 10.3. The summed E-state index contributed by atoms with van der Waals surface area (Å²) >= 11 is 0. The van der Waals surface area contributed by atoms with Crippen LogP contribution >= 0.6 is 17.0 Å². The van der Waals surface area contributed by atoms with Gasteiger partial charge in [0.15, 0.2) is 12.4 Å². The highest BCUT2D eigenvalue weighted by Crippen LogP contribution is 2.32. The molecular weight excluding hydrogens is 564 g/mol. The molecule has 0 aliphatic rings. The first kappa shape index (κ1) is 27.8. The van der Waals surface area contributed by atoms with Gasteiger partial charge in [-0.3, -0.25) is 4.98 Å². The van der Waals surface area contributed by atoms with Gasteiger partial charge in [0.25, 0.3) is 0 Å². The van der Waals surface area contributed by atoms with E-state index in [2.05, 4.69) is 38.9 Å². The van der Waals surface area contributed by atoms with Crippen LogP contribution in [-0.2, 0) is 5.66 Å². The fraction of sp³-hybridized carbons (Fsp3) is 0.0345. The Labute approximate surface area is 227 Å². The van der Waals surface area contributed by atoms with E-state index in [-0.39, 0.29) is 34.0 Å². The lowest BCUT2D eigenvalue weighted by molar-refractivity contribution is -0.744. The van der Waals surface area contributed by atoms with Crippen molar-refractivity contribution in [2.24, 2.45) is 10.2 Å². The zero-order valence-electron chi connectivity index (χ0n) is 19.0. The smallest absolute Gasteiger partial charge is 0.330 e. The highest BCUT2D eigenvalue weighted by Gasteiger charge is 2.44. The molecule has 0 unspecified atom stereocenters. The minimum atomic E-state index is -0.792. The molecule has 0 bridgehead atoms. The average Bonchev–Trinajstić information content (AvgIpc) is 2.93. The Hall–Kier alpha value is -3.48. The number of azo groups is 1. The predicted octanol–water partition coefficient (Wildman–Crippen LogP) is 4.17. The molecular formula is C29H26Br2N4. The van der Waals surface area contributed by atoms with Crippen molar-refractivity contribution in [2.45, 2.75) is 5.66 Å². The molecule has 0 atom stereocenters. The second-order valence-corrected chi connectivity index (χ2v) is 7.25. The van der Waals surface area contributed by atoms with Crippen molar-refractivity contribution in [2.75, 3.05) is 0 Å². The molecule has 0 aliphatic carbocycles. The van der Waals surface area contributed by atoms with E-state index in [0.717, 1.165) is 16.8 Å². The van der Waals surface area contributed by atoms with Gasteiger partial charge >= 0.3 is 5.66 Å². The van der Waals surface area contributed by atoms with E-state index in [1.165, 1.54) is 0 Å². The Balaban J connectivity index is 0.000000475. The van der Waals surface area contributed by atoms with Gasteiger partial charge < -0.3 is 17.0 Å². The summed E-state index contributed by atoms with van der Waals surface area (Å²) in [7, 11) is 0. The summed E-state index contributed by atoms with van der Waals surface area (Å²) in [6, 6.07) is 42.1. The van der Waals surface area contributed by atoms with E-state index in [0.29, 0.717) is 0 Å². The van der Waals surface area contributed by atoms with Crippen LogP contribution in [0.4, 0.5) is 5.69 Å². The number of nitrogens with zero attached hydrogens (tertiary/aromatic N) is 4. The zero-order valence-corrected chi connectivity index (χ0v) is 22.3. The van der Waals surface area contributed by atoms with Gasteiger partial charge in [0, 0.05) is 24.5 Å². The Morgan fingerprint density at radius 2 is 0.971 bits per heavy atom. The van der Waals surface area contributed by atoms with Gasteiger partial charge in [0.2, 0.25) is 0 Å². The molecule has 2 aromatic heterocycles. The Morgan fingerprint density at radius 3 is 1.40 bits per heavy atom. The van der Waals surface area contributed by atoms with Gasteiger partial charge in [-0.05, 0) is 48.5 Å². The molecule has 35 heavy (non-hydrogen) atoms. The second kappa shape index (κ2) is 14.7. The molecule has 0 spiro atoms. The van der Waals surface area contributed by atoms with Crippen molar-refractivity contribution in [3.8, 4) is 0 Å². The Bertz CT molecular complexity index is 1120. The number of hydrogen-bond acceptors (Lipinski definition) is 3. The zero-order chi connectivity index (χ0) is 22.6. The van der Waals surface area contributed by atoms with Gasteiger partial charge in [0.1, 0.15) is 0 Å². The first-order valence-corrected chi connectivity index (χ1v) is 10.8. The largest absolute Gasteiger partial charge is 1.00 e. The molecule has 5 aromatic rings. The van der Waals surface area contributed by atoms with Crippen LogP contribution < -0.4 is 21.5 Å². The standard InChI is InChI=1S/C24H20N3.C5H5N.2BrH/c1-5-13-21(14-6-1)24(22-15-7-2-8-16-22,27-19-11-4-12-20-27)26-25-23-17-9-3-10-18-23;1-2-4-6-5-3-1;;/h1-20H;1-5H;2*1H/q+1;;;/p-1. The van der Waals surface area contributed by atoms with Crippen molar-refractivity contribution in [3.05, 3.63) is 163 Å². The predicted molar refractivity (Wildman–Crippen MR) is 141 cm³/mol. The summed E-state index contributed by atoms with van der Waals surface area (Å²) in [5.41, 5.74) is 2.13. The third-order valence-corrected chi connectivity index (χ3v) is 5.07. The van der Waals surface area contributed by atoms with Crippen LogP contribution in [0.25, 0.3) is 0 Å². The summed E-state index contributed by atoms with van der Waals surface area (Å²) in [5.74, 6) is 0. The third-order valence-electron chi connectivity index (χ3n) is 5.07. The minimum absolute atomic E-state index is 0. The monoisotopic (exact) mass is 588 g/mol. The van der Waals surface area contributed by atoms with Crippen LogP contribution in [-0.4, -0.2) is 4.98 Å². The molecule has 0 amide bonds. The van der Waals surface area contributed by atoms with Crippen LogP contribution in [0.3, 0.4) is 0 Å². The lowest BCUT2D eigenvalue weighted by Gasteiger charge is -2.24. The molecule has 0 N–H and O–H groups in total. The molecule has 0 saturated carbocycles. The molecule has 0 fully saturated rings. The molecule has 0 saturated heterocycles. The summed E-state index contributed by atoms with van der Waals surface area (Å²) in [6.07, 6.45) is 7.56. The number of aromatic nitrogens is 2. The topological polar surface area (TPSA) is 41.5 Å². The Kier molecular flexibility index (Phi) is 11.7. The van der Waals surface area contributed by atoms with Crippen molar-refractivity contribution >= 4 is 22.7 Å². The van der Waals surface area contributed by atoms with Gasteiger partial charge in [-0.2, -0.15) is 4.57 Å². The van der Waals surface area contributed by atoms with E-state index in [9.17, 15) is 0 Å². The fourth-order valence-corrected chi connectivity index (χ4v) is 3.52. The first-order chi connectivity index (χ1) is 16.4. The van der Waals surface area contributed by atoms with Crippen LogP contribution in [0.15, 0.2) is 162 Å². The summed E-state index contributed by atoms with van der Waals surface area (Å²) in [5, 5.41) is 9.54. The Morgan fingerprint density at radius 1 is 0.543 bits per heavy atom. The number of benzene rings is 3. The first-order valence-electron chi connectivity index (χ1n) is 10.8. The lowest BCUT2D eigenvalue weighted by atomic mass is 9.91. The van der Waals surface area contributed by atoms with E-state index >= 15 is 0 Å². The van der Waals surface area contributed by atoms with Gasteiger partial charge in [-0.15, -0.1) is 27.2 Å². The SMILES string of the molecule is Br.[Br-].c1ccc(N=NC(c2ccccc2)(c2ccccc2)[n+]2ccccc2)cc1.c1ccncc1. The van der Waals surface area contributed by atoms with Crippen LogP contribution in [0.5, 0.6) is 0 Å². The molecule has 0 aliphatic heterocycles. The second-order valence-electron chi connectivity index (χ2n) is 7.25. The maximum absolute atomic E-state index is 4.92. The van der Waals surface area contributed by atoms with Gasteiger partial charge in [-0.25, -0.2) is 0 Å². The molecule has 5 rings (SSSR count). The number of hydrogen-bond donors (Lipinski definition) is 0. The lowest BCUT2D eigenvalue weighted by Crippen LogP contribution is -3.00. The average molecular weight is 590 g/mol. The number of pyridine rings is 2. The maximum atomic E-state index is 4.92. The van der Waals surface area contributed by atoms with Crippen molar-refractivity contribution in [1.29, 1.82) is 0 Å².